The quantitative estimate of drug-likeness (QED) is 0.446. The lowest BCUT2D eigenvalue weighted by Gasteiger charge is -2.16. The Kier molecular flexibility index (Phi) is 12.5. The van der Waals surface area contributed by atoms with Crippen LogP contribution in [0.25, 0.3) is 0 Å². The van der Waals surface area contributed by atoms with E-state index in [2.05, 4.69) is 31.0 Å². The van der Waals surface area contributed by atoms with Crippen molar-refractivity contribution in [2.75, 3.05) is 19.3 Å². The van der Waals surface area contributed by atoms with Crippen molar-refractivity contribution in [2.24, 2.45) is 0 Å². The Morgan fingerprint density at radius 3 is 1.95 bits per heavy atom. The Labute approximate surface area is 137 Å². The maximum atomic E-state index is 5.70. The van der Waals surface area contributed by atoms with E-state index in [-0.39, 0.29) is 12.4 Å². The van der Waals surface area contributed by atoms with Gasteiger partial charge in [-0.25, -0.2) is 0 Å². The molecule has 0 fully saturated rings. The van der Waals surface area contributed by atoms with Gasteiger partial charge in [0.2, 0.25) is 0 Å². The van der Waals surface area contributed by atoms with Gasteiger partial charge in [0.15, 0.2) is 0 Å². The molecule has 3 heteroatoms. The van der Waals surface area contributed by atoms with Crippen LogP contribution in [-0.4, -0.2) is 18.5 Å². The SMILES string of the molecule is CCCCCCCCCCN(C)Cc1ccc(N)cc1.Cl. The topological polar surface area (TPSA) is 29.3 Å². The van der Waals surface area contributed by atoms with E-state index >= 15 is 0 Å². The number of hydrogen-bond acceptors (Lipinski definition) is 2. The van der Waals surface area contributed by atoms with E-state index < -0.39 is 0 Å². The summed E-state index contributed by atoms with van der Waals surface area (Å²) in [5.74, 6) is 0. The van der Waals surface area contributed by atoms with Crippen LogP contribution in [-0.2, 0) is 6.54 Å². The fraction of sp³-hybridized carbons (Fsp3) is 0.667. The maximum absolute atomic E-state index is 5.70. The molecule has 0 aliphatic heterocycles. The van der Waals surface area contributed by atoms with Gasteiger partial charge in [-0.15, -0.1) is 12.4 Å². The van der Waals surface area contributed by atoms with Crippen LogP contribution in [0.5, 0.6) is 0 Å². The summed E-state index contributed by atoms with van der Waals surface area (Å²) >= 11 is 0. The molecule has 1 aromatic carbocycles. The summed E-state index contributed by atoms with van der Waals surface area (Å²) in [7, 11) is 2.21. The fourth-order valence-electron chi connectivity index (χ4n) is 2.53. The molecule has 0 spiro atoms. The van der Waals surface area contributed by atoms with Gasteiger partial charge < -0.3 is 10.6 Å². The Balaban J connectivity index is 0.00000400. The van der Waals surface area contributed by atoms with Crippen molar-refractivity contribution in [3.05, 3.63) is 29.8 Å². The second kappa shape index (κ2) is 13.0. The number of benzene rings is 1. The molecule has 0 aliphatic carbocycles. The monoisotopic (exact) mass is 312 g/mol. The molecule has 0 saturated heterocycles. The molecule has 0 bridgehead atoms. The lowest BCUT2D eigenvalue weighted by Crippen LogP contribution is -2.19. The Morgan fingerprint density at radius 1 is 0.857 bits per heavy atom. The van der Waals surface area contributed by atoms with E-state index in [1.54, 1.807) is 0 Å². The average molecular weight is 313 g/mol. The van der Waals surface area contributed by atoms with Crippen molar-refractivity contribution in [1.82, 2.24) is 4.90 Å². The lowest BCUT2D eigenvalue weighted by atomic mass is 10.1. The molecule has 0 heterocycles. The van der Waals surface area contributed by atoms with E-state index in [1.807, 2.05) is 12.1 Å². The van der Waals surface area contributed by atoms with Crippen molar-refractivity contribution < 1.29 is 0 Å². The van der Waals surface area contributed by atoms with Crippen molar-refractivity contribution >= 4 is 18.1 Å². The van der Waals surface area contributed by atoms with Crippen molar-refractivity contribution in [3.8, 4) is 0 Å². The van der Waals surface area contributed by atoms with Crippen LogP contribution < -0.4 is 5.73 Å². The number of halogens is 1. The number of hydrogen-bond donors (Lipinski definition) is 1. The summed E-state index contributed by atoms with van der Waals surface area (Å²) in [5.41, 5.74) is 7.90. The molecule has 1 aromatic rings. The lowest BCUT2D eigenvalue weighted by molar-refractivity contribution is 0.316. The first-order valence-electron chi connectivity index (χ1n) is 8.25. The van der Waals surface area contributed by atoms with E-state index in [1.165, 1.54) is 63.5 Å². The second-order valence-electron chi connectivity index (χ2n) is 5.95. The van der Waals surface area contributed by atoms with Gasteiger partial charge in [-0.2, -0.15) is 0 Å². The predicted molar refractivity (Wildman–Crippen MR) is 97.0 cm³/mol. The van der Waals surface area contributed by atoms with Crippen molar-refractivity contribution in [2.45, 2.75) is 64.8 Å². The average Bonchev–Trinajstić information content (AvgIpc) is 2.44. The largest absolute Gasteiger partial charge is 0.399 e. The molecule has 2 N–H and O–H groups in total. The summed E-state index contributed by atoms with van der Waals surface area (Å²) in [4.78, 5) is 2.41. The summed E-state index contributed by atoms with van der Waals surface area (Å²) in [6.07, 6.45) is 11.1. The molecule has 21 heavy (non-hydrogen) atoms. The van der Waals surface area contributed by atoms with Crippen LogP contribution >= 0.6 is 12.4 Å². The van der Waals surface area contributed by atoms with Crippen LogP contribution in [0.2, 0.25) is 0 Å². The minimum absolute atomic E-state index is 0. The molecule has 0 radical (unpaired) electrons. The zero-order valence-electron chi connectivity index (χ0n) is 13.8. The van der Waals surface area contributed by atoms with Crippen LogP contribution in [0.15, 0.2) is 24.3 Å². The second-order valence-corrected chi connectivity index (χ2v) is 5.95. The highest BCUT2D eigenvalue weighted by Gasteiger charge is 2.00. The third kappa shape index (κ3) is 10.6. The van der Waals surface area contributed by atoms with Gasteiger partial charge in [0.25, 0.3) is 0 Å². The molecule has 122 valence electrons. The normalized spacial score (nSPS) is 10.6. The van der Waals surface area contributed by atoms with E-state index in [0.717, 1.165) is 12.2 Å². The number of rotatable bonds is 11. The first-order valence-corrected chi connectivity index (χ1v) is 8.25. The van der Waals surface area contributed by atoms with Crippen molar-refractivity contribution in [1.29, 1.82) is 0 Å². The molecule has 1 rings (SSSR count). The van der Waals surface area contributed by atoms with Gasteiger partial charge in [-0.3, -0.25) is 0 Å². The predicted octanol–water partition coefficient (Wildman–Crippen LogP) is 5.26. The van der Waals surface area contributed by atoms with E-state index in [4.69, 9.17) is 5.73 Å². The Bertz CT molecular complexity index is 338. The summed E-state index contributed by atoms with van der Waals surface area (Å²) in [6.45, 7) is 4.49. The molecule has 0 atom stereocenters. The fourth-order valence-corrected chi connectivity index (χ4v) is 2.53. The number of anilines is 1. The van der Waals surface area contributed by atoms with E-state index in [0.29, 0.717) is 0 Å². The molecule has 0 aliphatic rings. The zero-order valence-corrected chi connectivity index (χ0v) is 14.6. The third-order valence-electron chi connectivity index (χ3n) is 3.83. The molecule has 2 nitrogen and oxygen atoms in total. The molecular weight excluding hydrogens is 280 g/mol. The maximum Gasteiger partial charge on any atom is 0.0314 e. The summed E-state index contributed by atoms with van der Waals surface area (Å²) in [6, 6.07) is 8.22. The van der Waals surface area contributed by atoms with Gasteiger partial charge in [0.1, 0.15) is 0 Å². The Morgan fingerprint density at radius 2 is 1.38 bits per heavy atom. The number of nitrogens with zero attached hydrogens (tertiary/aromatic N) is 1. The van der Waals surface area contributed by atoms with Crippen LogP contribution in [0.1, 0.15) is 63.9 Å². The van der Waals surface area contributed by atoms with Gasteiger partial charge in [-0.05, 0) is 37.7 Å². The molecule has 0 unspecified atom stereocenters. The minimum atomic E-state index is 0. The highest BCUT2D eigenvalue weighted by Crippen LogP contribution is 2.10. The van der Waals surface area contributed by atoms with Crippen LogP contribution in [0, 0.1) is 0 Å². The number of unbranched alkanes of at least 4 members (excludes halogenated alkanes) is 7. The Hall–Kier alpha value is -0.730. The summed E-state index contributed by atoms with van der Waals surface area (Å²) in [5, 5.41) is 0. The van der Waals surface area contributed by atoms with Gasteiger partial charge in [0, 0.05) is 12.2 Å². The molecule has 0 amide bonds. The van der Waals surface area contributed by atoms with Crippen LogP contribution in [0.4, 0.5) is 5.69 Å². The smallest absolute Gasteiger partial charge is 0.0314 e. The van der Waals surface area contributed by atoms with Gasteiger partial charge >= 0.3 is 0 Å². The standard InChI is InChI=1S/C18H32N2.ClH/c1-3-4-5-6-7-8-9-10-15-20(2)16-17-11-13-18(19)14-12-17;/h11-14H,3-10,15-16,19H2,1-2H3;1H. The molecular formula is C18H33ClN2. The van der Waals surface area contributed by atoms with Crippen molar-refractivity contribution in [3.63, 3.8) is 0 Å². The van der Waals surface area contributed by atoms with Gasteiger partial charge in [-0.1, -0.05) is 64.0 Å². The number of nitrogen functional groups attached to an aromatic ring is 1. The van der Waals surface area contributed by atoms with Gasteiger partial charge in [0.05, 0.1) is 0 Å². The first kappa shape index (κ1) is 20.3. The minimum Gasteiger partial charge on any atom is -0.399 e. The highest BCUT2D eigenvalue weighted by atomic mass is 35.5. The van der Waals surface area contributed by atoms with Crippen LogP contribution in [0.3, 0.4) is 0 Å². The third-order valence-corrected chi connectivity index (χ3v) is 3.83. The number of nitrogens with two attached hydrogens (primary N) is 1. The highest BCUT2D eigenvalue weighted by molar-refractivity contribution is 5.85. The molecule has 0 aromatic heterocycles. The summed E-state index contributed by atoms with van der Waals surface area (Å²) < 4.78 is 0. The zero-order chi connectivity index (χ0) is 14.6. The first-order chi connectivity index (χ1) is 9.72. The van der Waals surface area contributed by atoms with E-state index in [9.17, 15) is 0 Å². The molecule has 0 saturated carbocycles.